The van der Waals surface area contributed by atoms with Gasteiger partial charge in [0.25, 0.3) is 5.60 Å². The molecule has 1 atom stereocenters. The predicted molar refractivity (Wildman–Crippen MR) is 50.3 cm³/mol. The van der Waals surface area contributed by atoms with Gasteiger partial charge >= 0.3 is 53.1 Å². The Kier molecular flexibility index (Phi) is 4.94. The Morgan fingerprint density at radius 2 is 0.889 bits per heavy atom. The average molecular weight is 462 g/mol. The SMILES string of the molecule is O=S(O)OC1(C(F)(F)C(F)(F)F)C(F)(F)C(F)(F)C(F)(F)C(F)(F)C1(F)F. The second-order valence-corrected chi connectivity index (χ2v) is 5.53. The van der Waals surface area contributed by atoms with Crippen LogP contribution in [0.15, 0.2) is 0 Å². The molecule has 0 aromatic heterocycles. The van der Waals surface area contributed by atoms with Crippen molar-refractivity contribution in [1.29, 1.82) is 0 Å². The van der Waals surface area contributed by atoms with E-state index in [0.29, 0.717) is 0 Å². The van der Waals surface area contributed by atoms with Crippen molar-refractivity contribution in [2.24, 2.45) is 0 Å². The summed E-state index contributed by atoms with van der Waals surface area (Å²) >= 11 is -5.22. The summed E-state index contributed by atoms with van der Waals surface area (Å²) in [7, 11) is 0. The van der Waals surface area contributed by atoms with Gasteiger partial charge in [0.05, 0.1) is 0 Å². The summed E-state index contributed by atoms with van der Waals surface area (Å²) in [4.78, 5) is 0. The third-order valence-corrected chi connectivity index (χ3v) is 3.85. The standard InChI is InChI=1S/C8HF15O3S/c9-2(10)1(26-27(24)25,4(13,14)8(21,22)23)3(11,12)6(17,18)7(19,20)5(2,15)16/h(H,24,25). The van der Waals surface area contributed by atoms with E-state index in [1.54, 1.807) is 0 Å². The molecule has 1 unspecified atom stereocenters. The molecule has 3 nitrogen and oxygen atoms in total. The van der Waals surface area contributed by atoms with Crippen molar-refractivity contribution in [2.75, 3.05) is 0 Å². The van der Waals surface area contributed by atoms with Crippen LogP contribution in [0.5, 0.6) is 0 Å². The van der Waals surface area contributed by atoms with Crippen LogP contribution in [0.2, 0.25) is 0 Å². The molecule has 1 aliphatic carbocycles. The van der Waals surface area contributed by atoms with Gasteiger partial charge in [-0.3, -0.25) is 4.55 Å². The van der Waals surface area contributed by atoms with Crippen LogP contribution in [0.3, 0.4) is 0 Å². The molecule has 162 valence electrons. The monoisotopic (exact) mass is 462 g/mol. The van der Waals surface area contributed by atoms with Crippen LogP contribution in [0.4, 0.5) is 65.9 Å². The maximum atomic E-state index is 13.6. The van der Waals surface area contributed by atoms with Gasteiger partial charge in [-0.2, -0.15) is 70.1 Å². The predicted octanol–water partition coefficient (Wildman–Crippen LogP) is 4.27. The maximum absolute atomic E-state index is 13.6. The summed E-state index contributed by atoms with van der Waals surface area (Å²) in [6.07, 6.45) is -7.85. The van der Waals surface area contributed by atoms with Crippen molar-refractivity contribution < 1.29 is 78.8 Å². The number of hydrogen-bond donors (Lipinski definition) is 1. The quantitative estimate of drug-likeness (QED) is 0.504. The molecular formula is C8HF15O3S. The molecule has 1 N–H and O–H groups in total. The average Bonchev–Trinajstić information content (AvgIpc) is 2.40. The van der Waals surface area contributed by atoms with E-state index in [-0.39, 0.29) is 0 Å². The molecular weight excluding hydrogens is 461 g/mol. The molecule has 0 aromatic rings. The van der Waals surface area contributed by atoms with E-state index in [2.05, 4.69) is 0 Å². The lowest BCUT2D eigenvalue weighted by atomic mass is 9.67. The topological polar surface area (TPSA) is 46.5 Å². The molecule has 0 aliphatic heterocycles. The van der Waals surface area contributed by atoms with Crippen LogP contribution in [-0.2, 0) is 15.5 Å². The summed E-state index contributed by atoms with van der Waals surface area (Å²) in [5.41, 5.74) is -7.96. The highest BCUT2D eigenvalue weighted by Gasteiger charge is 3.07. The molecule has 19 heteroatoms. The van der Waals surface area contributed by atoms with Gasteiger partial charge in [-0.05, 0) is 0 Å². The first-order chi connectivity index (χ1) is 11.4. The van der Waals surface area contributed by atoms with Gasteiger partial charge in [0.2, 0.25) is 0 Å². The lowest BCUT2D eigenvalue weighted by molar-refractivity contribution is -0.527. The van der Waals surface area contributed by atoms with Crippen molar-refractivity contribution in [2.45, 2.75) is 47.3 Å². The minimum absolute atomic E-state index is 2.03. The van der Waals surface area contributed by atoms with E-state index in [0.717, 1.165) is 0 Å². The fraction of sp³-hybridized carbons (Fsp3) is 1.00. The zero-order chi connectivity index (χ0) is 22.3. The number of halogens is 15. The fourth-order valence-corrected chi connectivity index (χ4v) is 2.62. The first-order valence-corrected chi connectivity index (χ1v) is 6.59. The minimum atomic E-state index is -8.19. The van der Waals surface area contributed by atoms with Gasteiger partial charge in [-0.25, -0.2) is 4.18 Å². The van der Waals surface area contributed by atoms with E-state index in [1.807, 2.05) is 4.18 Å². The van der Waals surface area contributed by atoms with Gasteiger partial charge in [-0.1, -0.05) is 0 Å². The largest absolute Gasteiger partial charge is 0.457 e. The third kappa shape index (κ3) is 2.29. The van der Waals surface area contributed by atoms with Crippen LogP contribution < -0.4 is 0 Å². The van der Waals surface area contributed by atoms with E-state index in [9.17, 15) is 70.1 Å². The van der Waals surface area contributed by atoms with Gasteiger partial charge in [0, 0.05) is 0 Å². The second-order valence-electron chi connectivity index (χ2n) is 4.93. The van der Waals surface area contributed by atoms with Crippen LogP contribution in [-0.4, -0.2) is 56.1 Å². The van der Waals surface area contributed by atoms with E-state index in [1.165, 1.54) is 0 Å². The number of rotatable bonds is 3. The van der Waals surface area contributed by atoms with Crippen LogP contribution in [0, 0.1) is 0 Å². The second kappa shape index (κ2) is 5.55. The Hall–Kier alpha value is -0.980. The van der Waals surface area contributed by atoms with Crippen molar-refractivity contribution in [3.63, 3.8) is 0 Å². The van der Waals surface area contributed by atoms with Crippen LogP contribution >= 0.6 is 0 Å². The smallest absolute Gasteiger partial charge is 0.284 e. The van der Waals surface area contributed by atoms with Gasteiger partial charge in [0.1, 0.15) is 0 Å². The molecule has 0 radical (unpaired) electrons. The minimum Gasteiger partial charge on any atom is -0.284 e. The molecule has 0 spiro atoms. The molecule has 0 amide bonds. The van der Waals surface area contributed by atoms with Crippen molar-refractivity contribution in [3.05, 3.63) is 0 Å². The Balaban J connectivity index is 4.26. The summed E-state index contributed by atoms with van der Waals surface area (Å²) < 4.78 is 217. The highest BCUT2D eigenvalue weighted by Crippen LogP contribution is 2.73. The Bertz CT molecular complexity index is 607. The van der Waals surface area contributed by atoms with Gasteiger partial charge in [0.15, 0.2) is 0 Å². The lowest BCUT2D eigenvalue weighted by Gasteiger charge is -2.56. The first kappa shape index (κ1) is 24.1. The first-order valence-electron chi connectivity index (χ1n) is 5.55. The summed E-state index contributed by atoms with van der Waals surface area (Å²) in [5, 5.41) is 0. The van der Waals surface area contributed by atoms with Crippen molar-refractivity contribution >= 4 is 11.4 Å². The van der Waals surface area contributed by atoms with Gasteiger partial charge in [-0.15, -0.1) is 0 Å². The molecule has 1 aliphatic rings. The highest BCUT2D eigenvalue weighted by molar-refractivity contribution is 7.74. The number of alkyl halides is 15. The zero-order valence-corrected chi connectivity index (χ0v) is 12.2. The van der Waals surface area contributed by atoms with Crippen LogP contribution in [0.25, 0.3) is 0 Å². The molecule has 1 fully saturated rings. The Morgan fingerprint density at radius 3 is 1.11 bits per heavy atom. The fourth-order valence-electron chi connectivity index (χ4n) is 2.09. The summed E-state index contributed by atoms with van der Waals surface area (Å²) in [6.45, 7) is 0. The van der Waals surface area contributed by atoms with Crippen LogP contribution in [0.1, 0.15) is 0 Å². The van der Waals surface area contributed by atoms with E-state index < -0.39 is 58.7 Å². The molecule has 0 aromatic carbocycles. The molecule has 1 rings (SSSR count). The van der Waals surface area contributed by atoms with Crippen molar-refractivity contribution in [1.82, 2.24) is 0 Å². The third-order valence-electron chi connectivity index (χ3n) is 3.46. The molecule has 0 saturated heterocycles. The Morgan fingerprint density at radius 1 is 0.630 bits per heavy atom. The summed E-state index contributed by atoms with van der Waals surface area (Å²) in [5.74, 6) is -48.5. The normalized spacial score (nSPS) is 29.2. The van der Waals surface area contributed by atoms with E-state index in [4.69, 9.17) is 4.55 Å². The summed E-state index contributed by atoms with van der Waals surface area (Å²) in [6, 6.07) is 0. The highest BCUT2D eigenvalue weighted by atomic mass is 32.2. The maximum Gasteiger partial charge on any atom is 0.457 e. The zero-order valence-electron chi connectivity index (χ0n) is 11.3. The Labute approximate surface area is 138 Å². The molecule has 1 saturated carbocycles. The van der Waals surface area contributed by atoms with E-state index >= 15 is 0 Å². The molecule has 0 heterocycles. The number of hydrogen-bond acceptors (Lipinski definition) is 2. The lowest BCUT2D eigenvalue weighted by Crippen LogP contribution is -2.90. The molecule has 27 heavy (non-hydrogen) atoms. The van der Waals surface area contributed by atoms with Gasteiger partial charge < -0.3 is 0 Å². The molecule has 0 bridgehead atoms. The van der Waals surface area contributed by atoms with Crippen molar-refractivity contribution in [3.8, 4) is 0 Å².